The topological polar surface area (TPSA) is 42.0 Å². The fraction of sp³-hybridized carbons (Fsp3) is 0.500. The summed E-state index contributed by atoms with van der Waals surface area (Å²) in [5.41, 5.74) is 0. The van der Waals surface area contributed by atoms with Gasteiger partial charge in [0.2, 0.25) is 0 Å². The van der Waals surface area contributed by atoms with Crippen LogP contribution in [0.1, 0.15) is 13.3 Å². The third-order valence-electron chi connectivity index (χ3n) is 1.96. The smallest absolute Gasteiger partial charge is 0.141 e. The van der Waals surface area contributed by atoms with Gasteiger partial charge in [-0.05, 0) is 25.5 Å². The highest BCUT2D eigenvalue weighted by molar-refractivity contribution is 7.84. The predicted octanol–water partition coefficient (Wildman–Crippen LogP) is 1.79. The van der Waals surface area contributed by atoms with Gasteiger partial charge in [0.1, 0.15) is 11.6 Å². The van der Waals surface area contributed by atoms with Gasteiger partial charge in [0, 0.05) is 28.9 Å². The van der Waals surface area contributed by atoms with Gasteiger partial charge in [0.05, 0.1) is 6.20 Å². The van der Waals surface area contributed by atoms with E-state index in [2.05, 4.69) is 10.3 Å². The second-order valence-electron chi connectivity index (χ2n) is 3.47. The van der Waals surface area contributed by atoms with Gasteiger partial charge in [0.15, 0.2) is 0 Å². The van der Waals surface area contributed by atoms with Gasteiger partial charge < -0.3 is 5.32 Å². The van der Waals surface area contributed by atoms with E-state index in [1.54, 1.807) is 12.3 Å². The quantitative estimate of drug-likeness (QED) is 0.838. The van der Waals surface area contributed by atoms with E-state index >= 15 is 0 Å². The van der Waals surface area contributed by atoms with Crippen molar-refractivity contribution in [3.8, 4) is 0 Å². The van der Waals surface area contributed by atoms with Crippen molar-refractivity contribution in [2.45, 2.75) is 19.4 Å². The van der Waals surface area contributed by atoms with Gasteiger partial charge in [0.25, 0.3) is 0 Å². The average molecular weight is 230 g/mol. The maximum absolute atomic E-state index is 12.5. The molecule has 1 heterocycles. The number of nitrogens with zero attached hydrogens (tertiary/aromatic N) is 1. The Hall–Kier alpha value is -0.970. The van der Waals surface area contributed by atoms with Crippen molar-refractivity contribution in [3.63, 3.8) is 0 Å². The lowest BCUT2D eigenvalue weighted by molar-refractivity contribution is 0.621. The Labute approximate surface area is 91.6 Å². The molecule has 0 saturated heterocycles. The fourth-order valence-electron chi connectivity index (χ4n) is 1.13. The maximum Gasteiger partial charge on any atom is 0.141 e. The lowest BCUT2D eigenvalue weighted by Gasteiger charge is -2.13. The van der Waals surface area contributed by atoms with E-state index in [-0.39, 0.29) is 11.9 Å². The Kier molecular flexibility index (Phi) is 4.68. The number of hydrogen-bond donors (Lipinski definition) is 1. The monoisotopic (exact) mass is 230 g/mol. The van der Waals surface area contributed by atoms with Crippen LogP contribution in [-0.2, 0) is 10.8 Å². The molecule has 84 valence electrons. The molecule has 0 saturated carbocycles. The molecule has 0 fully saturated rings. The highest BCUT2D eigenvalue weighted by atomic mass is 32.2. The Bertz CT molecular complexity index is 329. The minimum Gasteiger partial charge on any atom is -0.368 e. The number of aromatic nitrogens is 1. The van der Waals surface area contributed by atoms with E-state index in [9.17, 15) is 8.60 Å². The first-order valence-corrected chi connectivity index (χ1v) is 6.49. The summed E-state index contributed by atoms with van der Waals surface area (Å²) in [4.78, 5) is 3.88. The molecule has 0 aliphatic heterocycles. The number of rotatable bonds is 5. The van der Waals surface area contributed by atoms with Crippen LogP contribution in [-0.4, -0.2) is 27.2 Å². The Balaban J connectivity index is 2.40. The van der Waals surface area contributed by atoms with Gasteiger partial charge >= 0.3 is 0 Å². The molecule has 1 N–H and O–H groups in total. The van der Waals surface area contributed by atoms with Crippen LogP contribution in [0.5, 0.6) is 0 Å². The molecule has 1 aromatic heterocycles. The molecule has 3 nitrogen and oxygen atoms in total. The second kappa shape index (κ2) is 5.80. The van der Waals surface area contributed by atoms with Crippen LogP contribution < -0.4 is 5.32 Å². The van der Waals surface area contributed by atoms with Crippen molar-refractivity contribution in [2.24, 2.45) is 0 Å². The van der Waals surface area contributed by atoms with E-state index in [1.807, 2.05) is 6.92 Å². The normalized spacial score (nSPS) is 14.6. The van der Waals surface area contributed by atoms with Crippen LogP contribution in [0.2, 0.25) is 0 Å². The van der Waals surface area contributed by atoms with E-state index in [0.717, 1.165) is 6.42 Å². The van der Waals surface area contributed by atoms with Crippen LogP contribution in [0.4, 0.5) is 10.2 Å². The van der Waals surface area contributed by atoms with Gasteiger partial charge in [-0.2, -0.15) is 0 Å². The summed E-state index contributed by atoms with van der Waals surface area (Å²) in [5.74, 6) is 0.962. The minimum atomic E-state index is -0.768. The van der Waals surface area contributed by atoms with Crippen molar-refractivity contribution in [3.05, 3.63) is 24.1 Å². The molecule has 1 aromatic rings. The molecule has 0 bridgehead atoms. The number of nitrogens with one attached hydrogen (secondary N) is 1. The maximum atomic E-state index is 12.5. The van der Waals surface area contributed by atoms with Crippen LogP contribution >= 0.6 is 0 Å². The van der Waals surface area contributed by atoms with Gasteiger partial charge in [-0.1, -0.05) is 0 Å². The second-order valence-corrected chi connectivity index (χ2v) is 5.03. The van der Waals surface area contributed by atoms with Crippen LogP contribution in [0.25, 0.3) is 0 Å². The molecule has 2 unspecified atom stereocenters. The lowest BCUT2D eigenvalue weighted by Crippen LogP contribution is -2.18. The molecular formula is C10H15FN2OS. The largest absolute Gasteiger partial charge is 0.368 e. The zero-order valence-electron chi connectivity index (χ0n) is 8.87. The average Bonchev–Trinajstić information content (AvgIpc) is 2.19. The highest BCUT2D eigenvalue weighted by Crippen LogP contribution is 2.07. The van der Waals surface area contributed by atoms with Crippen LogP contribution in [0.3, 0.4) is 0 Å². The van der Waals surface area contributed by atoms with Gasteiger partial charge in [-0.25, -0.2) is 9.37 Å². The summed E-state index contributed by atoms with van der Waals surface area (Å²) in [5, 5.41) is 3.11. The zero-order valence-corrected chi connectivity index (χ0v) is 9.68. The summed E-state index contributed by atoms with van der Waals surface area (Å²) >= 11 is 0. The zero-order chi connectivity index (χ0) is 11.3. The Morgan fingerprint density at radius 3 is 2.87 bits per heavy atom. The molecule has 0 spiro atoms. The van der Waals surface area contributed by atoms with Gasteiger partial charge in [-0.3, -0.25) is 4.21 Å². The summed E-state index contributed by atoms with van der Waals surface area (Å²) in [6, 6.07) is 3.14. The Morgan fingerprint density at radius 2 is 2.33 bits per heavy atom. The molecule has 0 amide bonds. The number of halogens is 1. The highest BCUT2D eigenvalue weighted by Gasteiger charge is 2.03. The van der Waals surface area contributed by atoms with Crippen LogP contribution in [0, 0.1) is 5.82 Å². The van der Waals surface area contributed by atoms with Crippen LogP contribution in [0.15, 0.2) is 18.3 Å². The van der Waals surface area contributed by atoms with E-state index in [4.69, 9.17) is 0 Å². The van der Waals surface area contributed by atoms with E-state index in [1.165, 1.54) is 12.3 Å². The predicted molar refractivity (Wildman–Crippen MR) is 60.8 cm³/mol. The Morgan fingerprint density at radius 1 is 1.60 bits per heavy atom. The van der Waals surface area contributed by atoms with Crippen molar-refractivity contribution in [1.29, 1.82) is 0 Å². The number of hydrogen-bond acceptors (Lipinski definition) is 3. The molecule has 5 heteroatoms. The molecule has 1 rings (SSSR count). The summed E-state index contributed by atoms with van der Waals surface area (Å²) < 4.78 is 23.4. The molecule has 0 aromatic carbocycles. The molecule has 2 atom stereocenters. The summed E-state index contributed by atoms with van der Waals surface area (Å²) in [6.07, 6.45) is 3.66. The third-order valence-corrected chi connectivity index (χ3v) is 2.77. The van der Waals surface area contributed by atoms with E-state index in [0.29, 0.717) is 11.6 Å². The minimum absolute atomic E-state index is 0.187. The number of pyridine rings is 1. The summed E-state index contributed by atoms with van der Waals surface area (Å²) in [6.45, 7) is 1.98. The lowest BCUT2D eigenvalue weighted by atomic mass is 10.2. The molecule has 0 aliphatic carbocycles. The molecule has 0 aliphatic rings. The first-order chi connectivity index (χ1) is 7.08. The van der Waals surface area contributed by atoms with E-state index < -0.39 is 10.8 Å². The third kappa shape index (κ3) is 4.88. The molecule has 0 radical (unpaired) electrons. The van der Waals surface area contributed by atoms with Crippen molar-refractivity contribution < 1.29 is 8.60 Å². The number of anilines is 1. The molecular weight excluding hydrogens is 215 g/mol. The van der Waals surface area contributed by atoms with Crippen molar-refractivity contribution in [1.82, 2.24) is 4.98 Å². The van der Waals surface area contributed by atoms with Crippen molar-refractivity contribution >= 4 is 16.6 Å². The first-order valence-electron chi connectivity index (χ1n) is 4.76. The first kappa shape index (κ1) is 12.1. The molecule has 15 heavy (non-hydrogen) atoms. The SMILES string of the molecule is CC(CCS(C)=O)Nc1ccc(F)cn1. The van der Waals surface area contributed by atoms with Crippen molar-refractivity contribution in [2.75, 3.05) is 17.3 Å². The standard InChI is InChI=1S/C10H15FN2OS/c1-8(5-6-15(2)14)13-10-4-3-9(11)7-12-10/h3-4,7-8H,5-6H2,1-2H3,(H,12,13). The van der Waals surface area contributed by atoms with Gasteiger partial charge in [-0.15, -0.1) is 0 Å². The fourth-order valence-corrected chi connectivity index (χ4v) is 1.81. The summed E-state index contributed by atoms with van der Waals surface area (Å²) in [7, 11) is -0.768.